The van der Waals surface area contributed by atoms with Crippen LogP contribution in [0.25, 0.3) is 0 Å². The Hall–Kier alpha value is -1.80. The van der Waals surface area contributed by atoms with Crippen molar-refractivity contribution < 1.29 is 0 Å². The minimum absolute atomic E-state index is 0.464. The Bertz CT molecular complexity index is 654. The quantitative estimate of drug-likeness (QED) is 0.328. The second-order valence-electron chi connectivity index (χ2n) is 6.09. The number of piperidine rings is 1. The van der Waals surface area contributed by atoms with Crippen LogP contribution in [0.4, 0.5) is 5.82 Å². The van der Waals surface area contributed by atoms with Crippen LogP contribution in [0.1, 0.15) is 19.3 Å². The van der Waals surface area contributed by atoms with Gasteiger partial charge in [-0.15, -0.1) is 11.3 Å². The lowest BCUT2D eigenvalue weighted by atomic mass is 10.1. The smallest absolute Gasteiger partial charge is 0.191 e. The molecule has 0 radical (unpaired) electrons. The van der Waals surface area contributed by atoms with E-state index >= 15 is 0 Å². The van der Waals surface area contributed by atoms with Gasteiger partial charge in [0.15, 0.2) is 5.96 Å². The number of guanidine groups is 1. The number of hydrogen-bond acceptors (Lipinski definition) is 6. The zero-order valence-corrected chi connectivity index (χ0v) is 16.7. The lowest BCUT2D eigenvalue weighted by molar-refractivity contribution is 0.459. The van der Waals surface area contributed by atoms with Gasteiger partial charge in [-0.1, -0.05) is 17.8 Å². The molecule has 1 fully saturated rings. The third-order valence-electron chi connectivity index (χ3n) is 4.28. The Balaban J connectivity index is 1.32. The maximum atomic E-state index is 4.44. The minimum atomic E-state index is 0.464. The molecular weight excluding hydrogens is 364 g/mol. The van der Waals surface area contributed by atoms with Gasteiger partial charge < -0.3 is 15.5 Å². The fourth-order valence-electron chi connectivity index (χ4n) is 2.90. The van der Waals surface area contributed by atoms with Crippen LogP contribution in [-0.2, 0) is 0 Å². The van der Waals surface area contributed by atoms with E-state index in [0.717, 1.165) is 60.8 Å². The van der Waals surface area contributed by atoms with Crippen LogP contribution in [0.2, 0.25) is 0 Å². The second-order valence-corrected chi connectivity index (χ2v) is 8.33. The maximum absolute atomic E-state index is 4.44. The molecule has 0 spiro atoms. The van der Waals surface area contributed by atoms with Crippen LogP contribution in [0.3, 0.4) is 0 Å². The first kappa shape index (κ1) is 19.0. The average molecular weight is 391 g/mol. The number of aromatic nitrogens is 2. The summed E-state index contributed by atoms with van der Waals surface area (Å²) < 4.78 is 1.15. The van der Waals surface area contributed by atoms with Crippen molar-refractivity contribution in [2.45, 2.75) is 29.6 Å². The van der Waals surface area contributed by atoms with E-state index in [4.69, 9.17) is 0 Å². The summed E-state index contributed by atoms with van der Waals surface area (Å²) in [6.45, 7) is 2.97. The number of nitrogens with zero attached hydrogens (tertiary/aromatic N) is 4. The average Bonchev–Trinajstić information content (AvgIpc) is 3.21. The molecule has 1 aliphatic rings. The summed E-state index contributed by atoms with van der Waals surface area (Å²) in [7, 11) is 1.84. The third kappa shape index (κ3) is 5.88. The summed E-state index contributed by atoms with van der Waals surface area (Å²) >= 11 is 3.52. The summed E-state index contributed by atoms with van der Waals surface area (Å²) in [6.07, 6.45) is 6.99. The van der Waals surface area contributed by atoms with Crippen molar-refractivity contribution in [1.29, 1.82) is 0 Å². The summed E-state index contributed by atoms with van der Waals surface area (Å²) in [6, 6.07) is 6.55. The molecule has 2 aromatic heterocycles. The van der Waals surface area contributed by atoms with Gasteiger partial charge in [0.25, 0.3) is 0 Å². The lowest BCUT2D eigenvalue weighted by Crippen LogP contribution is -2.49. The third-order valence-corrected chi connectivity index (χ3v) is 6.33. The maximum Gasteiger partial charge on any atom is 0.191 e. The van der Waals surface area contributed by atoms with Gasteiger partial charge in [-0.2, -0.15) is 0 Å². The van der Waals surface area contributed by atoms with Crippen LogP contribution in [0.15, 0.2) is 45.3 Å². The lowest BCUT2D eigenvalue weighted by Gasteiger charge is -2.33. The molecule has 2 aromatic rings. The van der Waals surface area contributed by atoms with Crippen LogP contribution in [0, 0.1) is 0 Å². The van der Waals surface area contributed by atoms with E-state index in [1.54, 1.807) is 11.3 Å². The molecule has 0 bridgehead atoms. The standard InChI is InChI=1S/C18H26N6S2/c1-19-17(21-9-4-13-25-18-22-10-14-26-18)23-15-6-11-24(12-7-15)16-5-2-3-8-20-16/h2-3,5,8,10,14-15H,4,6-7,9,11-13H2,1H3,(H2,19,21,23). The minimum Gasteiger partial charge on any atom is -0.356 e. The molecular formula is C18H26N6S2. The van der Waals surface area contributed by atoms with E-state index in [0.29, 0.717) is 6.04 Å². The predicted molar refractivity (Wildman–Crippen MR) is 111 cm³/mol. The highest BCUT2D eigenvalue weighted by molar-refractivity contribution is 8.00. The first-order valence-corrected chi connectivity index (χ1v) is 10.9. The molecule has 140 valence electrons. The monoisotopic (exact) mass is 390 g/mol. The highest BCUT2D eigenvalue weighted by Gasteiger charge is 2.20. The van der Waals surface area contributed by atoms with Crippen LogP contribution < -0.4 is 15.5 Å². The molecule has 0 unspecified atom stereocenters. The van der Waals surface area contributed by atoms with Crippen molar-refractivity contribution in [1.82, 2.24) is 20.6 Å². The Morgan fingerprint density at radius 3 is 2.88 bits per heavy atom. The zero-order chi connectivity index (χ0) is 18.0. The van der Waals surface area contributed by atoms with Crippen molar-refractivity contribution >= 4 is 34.9 Å². The summed E-state index contributed by atoms with van der Waals surface area (Å²) in [4.78, 5) is 15.4. The Morgan fingerprint density at radius 2 is 2.19 bits per heavy atom. The van der Waals surface area contributed by atoms with Crippen LogP contribution in [-0.4, -0.2) is 54.4 Å². The molecule has 0 aromatic carbocycles. The van der Waals surface area contributed by atoms with Crippen molar-refractivity contribution in [2.24, 2.45) is 4.99 Å². The van der Waals surface area contributed by atoms with Crippen molar-refractivity contribution in [3.63, 3.8) is 0 Å². The summed E-state index contributed by atoms with van der Waals surface area (Å²) in [5.41, 5.74) is 0. The van der Waals surface area contributed by atoms with Gasteiger partial charge in [-0.25, -0.2) is 9.97 Å². The van der Waals surface area contributed by atoms with Gasteiger partial charge in [-0.05, 0) is 31.4 Å². The molecule has 26 heavy (non-hydrogen) atoms. The van der Waals surface area contributed by atoms with Gasteiger partial charge in [0.1, 0.15) is 10.2 Å². The van der Waals surface area contributed by atoms with Crippen molar-refractivity contribution in [2.75, 3.05) is 37.3 Å². The molecule has 0 saturated carbocycles. The van der Waals surface area contributed by atoms with Crippen LogP contribution in [0.5, 0.6) is 0 Å². The number of rotatable bonds is 7. The van der Waals surface area contributed by atoms with Crippen molar-refractivity contribution in [3.05, 3.63) is 36.0 Å². The zero-order valence-electron chi connectivity index (χ0n) is 15.1. The van der Waals surface area contributed by atoms with Gasteiger partial charge in [-0.3, -0.25) is 4.99 Å². The van der Waals surface area contributed by atoms with E-state index in [9.17, 15) is 0 Å². The molecule has 1 saturated heterocycles. The number of thiazole rings is 1. The topological polar surface area (TPSA) is 65.4 Å². The molecule has 0 amide bonds. The fraction of sp³-hybridized carbons (Fsp3) is 0.500. The van der Waals surface area contributed by atoms with Gasteiger partial charge in [0, 0.05) is 56.3 Å². The molecule has 0 aliphatic carbocycles. The first-order valence-electron chi connectivity index (χ1n) is 9.00. The van der Waals surface area contributed by atoms with Crippen LogP contribution >= 0.6 is 23.1 Å². The van der Waals surface area contributed by atoms with E-state index in [2.05, 4.69) is 36.6 Å². The number of pyridine rings is 1. The van der Waals surface area contributed by atoms with Gasteiger partial charge in [0.2, 0.25) is 0 Å². The molecule has 0 atom stereocenters. The molecule has 3 rings (SSSR count). The molecule has 6 nitrogen and oxygen atoms in total. The fourth-order valence-corrected chi connectivity index (χ4v) is 4.55. The Kier molecular flexibility index (Phi) is 7.57. The van der Waals surface area contributed by atoms with Gasteiger partial charge in [0.05, 0.1) is 0 Å². The number of anilines is 1. The van der Waals surface area contributed by atoms with E-state index in [1.807, 2.05) is 48.7 Å². The van der Waals surface area contributed by atoms with Crippen molar-refractivity contribution in [3.8, 4) is 0 Å². The SMILES string of the molecule is CN=C(NCCCSc1nccs1)NC1CCN(c2ccccn2)CC1. The molecule has 1 aliphatic heterocycles. The molecule has 8 heteroatoms. The number of thioether (sulfide) groups is 1. The van der Waals surface area contributed by atoms with Gasteiger partial charge >= 0.3 is 0 Å². The Morgan fingerprint density at radius 1 is 1.31 bits per heavy atom. The van der Waals surface area contributed by atoms with E-state index < -0.39 is 0 Å². The van der Waals surface area contributed by atoms with E-state index in [1.165, 1.54) is 0 Å². The normalized spacial score (nSPS) is 15.9. The Labute approximate surface area is 163 Å². The predicted octanol–water partition coefficient (Wildman–Crippen LogP) is 2.85. The number of aliphatic imine (C=N–C) groups is 1. The first-order chi connectivity index (χ1) is 12.8. The molecule has 3 heterocycles. The number of hydrogen-bond donors (Lipinski definition) is 2. The molecule has 2 N–H and O–H groups in total. The summed E-state index contributed by atoms with van der Waals surface area (Å²) in [5.74, 6) is 3.05. The van der Waals surface area contributed by atoms with E-state index in [-0.39, 0.29) is 0 Å². The largest absolute Gasteiger partial charge is 0.356 e. The highest BCUT2D eigenvalue weighted by atomic mass is 32.2. The summed E-state index contributed by atoms with van der Waals surface area (Å²) in [5, 5.41) is 9.00. The highest BCUT2D eigenvalue weighted by Crippen LogP contribution is 2.20. The second kappa shape index (κ2) is 10.4. The number of nitrogens with one attached hydrogen (secondary N) is 2.